The van der Waals surface area contributed by atoms with Crippen LogP contribution in [0.15, 0.2) is 18.2 Å². The molecule has 1 saturated heterocycles. The zero-order chi connectivity index (χ0) is 11.5. The molecule has 4 heteroatoms. The van der Waals surface area contributed by atoms with E-state index in [0.29, 0.717) is 24.1 Å². The number of likely N-dealkylation sites (tertiary alicyclic amines) is 1. The molecule has 1 atom stereocenters. The summed E-state index contributed by atoms with van der Waals surface area (Å²) in [6, 6.07) is 4.62. The number of nitrogens with zero attached hydrogens (tertiary/aromatic N) is 1. The van der Waals surface area contributed by atoms with Crippen molar-refractivity contribution in [3.63, 3.8) is 0 Å². The minimum atomic E-state index is -0.316. The van der Waals surface area contributed by atoms with Crippen molar-refractivity contribution in [2.45, 2.75) is 18.9 Å². The van der Waals surface area contributed by atoms with Crippen molar-refractivity contribution in [1.82, 2.24) is 4.90 Å². The van der Waals surface area contributed by atoms with Gasteiger partial charge in [-0.25, -0.2) is 4.39 Å². The van der Waals surface area contributed by atoms with Gasteiger partial charge >= 0.3 is 0 Å². The first kappa shape index (κ1) is 11.2. The quantitative estimate of drug-likeness (QED) is 0.797. The molecule has 16 heavy (non-hydrogen) atoms. The number of anilines is 1. The van der Waals surface area contributed by atoms with Crippen LogP contribution in [0.2, 0.25) is 0 Å². The second-order valence-corrected chi connectivity index (χ2v) is 4.27. The van der Waals surface area contributed by atoms with Crippen LogP contribution in [0.1, 0.15) is 12.8 Å². The third-order valence-electron chi connectivity index (χ3n) is 3.08. The van der Waals surface area contributed by atoms with E-state index in [2.05, 4.69) is 11.9 Å². The lowest BCUT2D eigenvalue weighted by atomic mass is 10.2. The highest BCUT2D eigenvalue weighted by molar-refractivity contribution is 5.52. The second kappa shape index (κ2) is 4.70. The number of nitrogens with two attached hydrogens (primary N) is 1. The molecule has 1 aromatic rings. The molecule has 0 aliphatic carbocycles. The average molecular weight is 224 g/mol. The summed E-state index contributed by atoms with van der Waals surface area (Å²) >= 11 is 0. The molecule has 0 saturated carbocycles. The number of hydrogen-bond acceptors (Lipinski definition) is 3. The second-order valence-electron chi connectivity index (χ2n) is 4.27. The summed E-state index contributed by atoms with van der Waals surface area (Å²) in [5, 5.41) is 0. The van der Waals surface area contributed by atoms with Crippen LogP contribution in [0, 0.1) is 5.82 Å². The molecule has 1 fully saturated rings. The lowest BCUT2D eigenvalue weighted by Crippen LogP contribution is -2.30. The first-order valence-electron chi connectivity index (χ1n) is 5.55. The Labute approximate surface area is 95.0 Å². The highest BCUT2D eigenvalue weighted by Crippen LogP contribution is 2.23. The van der Waals surface area contributed by atoms with E-state index in [0.717, 1.165) is 13.0 Å². The van der Waals surface area contributed by atoms with E-state index in [-0.39, 0.29) is 5.82 Å². The molecule has 3 nitrogen and oxygen atoms in total. The number of benzene rings is 1. The lowest BCUT2D eigenvalue weighted by Gasteiger charge is -2.20. The summed E-state index contributed by atoms with van der Waals surface area (Å²) in [4.78, 5) is 2.26. The Morgan fingerprint density at radius 2 is 2.38 bits per heavy atom. The smallest absolute Gasteiger partial charge is 0.145 e. The molecular formula is C12H17FN2O. The van der Waals surface area contributed by atoms with E-state index in [1.807, 2.05) is 0 Å². The summed E-state index contributed by atoms with van der Waals surface area (Å²) in [6.45, 7) is 1.68. The predicted octanol–water partition coefficient (Wildman–Crippen LogP) is 1.88. The van der Waals surface area contributed by atoms with Gasteiger partial charge < -0.3 is 15.4 Å². The van der Waals surface area contributed by atoms with Crippen molar-refractivity contribution in [2.24, 2.45) is 0 Å². The van der Waals surface area contributed by atoms with Gasteiger partial charge in [-0.3, -0.25) is 0 Å². The largest absolute Gasteiger partial charge is 0.490 e. The Bertz CT molecular complexity index is 370. The Balaban J connectivity index is 1.96. The Morgan fingerprint density at radius 1 is 1.56 bits per heavy atom. The van der Waals surface area contributed by atoms with Crippen LogP contribution in [0.4, 0.5) is 10.1 Å². The number of ether oxygens (including phenoxy) is 1. The molecule has 1 aliphatic heterocycles. The van der Waals surface area contributed by atoms with Crippen LogP contribution >= 0.6 is 0 Å². The maximum absolute atomic E-state index is 13.0. The van der Waals surface area contributed by atoms with Gasteiger partial charge in [0.25, 0.3) is 0 Å². The number of likely N-dealkylation sites (N-methyl/N-ethyl adjacent to an activating group) is 1. The fourth-order valence-electron chi connectivity index (χ4n) is 2.01. The van der Waals surface area contributed by atoms with Crippen LogP contribution < -0.4 is 10.5 Å². The highest BCUT2D eigenvalue weighted by atomic mass is 19.1. The van der Waals surface area contributed by atoms with Gasteiger partial charge in [-0.2, -0.15) is 0 Å². The zero-order valence-electron chi connectivity index (χ0n) is 9.45. The van der Waals surface area contributed by atoms with Gasteiger partial charge in [0.05, 0.1) is 5.69 Å². The molecule has 0 radical (unpaired) electrons. The topological polar surface area (TPSA) is 38.5 Å². The molecule has 0 amide bonds. The van der Waals surface area contributed by atoms with E-state index in [1.54, 1.807) is 0 Å². The monoisotopic (exact) mass is 224 g/mol. The zero-order valence-corrected chi connectivity index (χ0v) is 9.45. The number of rotatable bonds is 3. The van der Waals surface area contributed by atoms with Crippen LogP contribution in [0.5, 0.6) is 5.75 Å². The first-order valence-corrected chi connectivity index (χ1v) is 5.55. The first-order chi connectivity index (χ1) is 7.66. The fraction of sp³-hybridized carbons (Fsp3) is 0.500. The number of nitrogen functional groups attached to an aromatic ring is 1. The van der Waals surface area contributed by atoms with Gasteiger partial charge in [-0.1, -0.05) is 0 Å². The summed E-state index contributed by atoms with van der Waals surface area (Å²) in [7, 11) is 2.08. The SMILES string of the molecule is CN1CCCC1COc1cc(F)ccc1N. The Hall–Kier alpha value is -1.29. The normalized spacial score (nSPS) is 21.2. The van der Waals surface area contributed by atoms with E-state index in [1.165, 1.54) is 24.6 Å². The third-order valence-corrected chi connectivity index (χ3v) is 3.08. The van der Waals surface area contributed by atoms with Crippen LogP contribution in [0.3, 0.4) is 0 Å². The van der Waals surface area contributed by atoms with Gasteiger partial charge in [0.1, 0.15) is 18.2 Å². The van der Waals surface area contributed by atoms with Crippen molar-refractivity contribution in [2.75, 3.05) is 25.9 Å². The molecule has 1 aromatic carbocycles. The molecule has 88 valence electrons. The number of halogens is 1. The van der Waals surface area contributed by atoms with Crippen molar-refractivity contribution >= 4 is 5.69 Å². The Morgan fingerprint density at radius 3 is 3.06 bits per heavy atom. The molecule has 1 aliphatic rings. The minimum absolute atomic E-state index is 0.316. The maximum Gasteiger partial charge on any atom is 0.145 e. The molecule has 0 bridgehead atoms. The number of hydrogen-bond donors (Lipinski definition) is 1. The molecule has 0 spiro atoms. The molecule has 0 aromatic heterocycles. The van der Waals surface area contributed by atoms with Crippen molar-refractivity contribution in [1.29, 1.82) is 0 Å². The van der Waals surface area contributed by atoms with E-state index in [4.69, 9.17) is 10.5 Å². The minimum Gasteiger partial charge on any atom is -0.490 e. The van der Waals surface area contributed by atoms with E-state index in [9.17, 15) is 4.39 Å². The standard InChI is InChI=1S/C12H17FN2O/c1-15-6-2-3-10(15)8-16-12-7-9(13)4-5-11(12)14/h4-5,7,10H,2-3,6,8,14H2,1H3. The third kappa shape index (κ3) is 2.44. The van der Waals surface area contributed by atoms with Crippen molar-refractivity contribution < 1.29 is 9.13 Å². The average Bonchev–Trinajstić information content (AvgIpc) is 2.66. The lowest BCUT2D eigenvalue weighted by molar-refractivity contribution is 0.198. The fourth-order valence-corrected chi connectivity index (χ4v) is 2.01. The summed E-state index contributed by atoms with van der Waals surface area (Å²) < 4.78 is 18.5. The van der Waals surface area contributed by atoms with Crippen LogP contribution in [-0.4, -0.2) is 31.1 Å². The molecule has 2 rings (SSSR count). The van der Waals surface area contributed by atoms with Gasteiger partial charge in [-0.15, -0.1) is 0 Å². The predicted molar refractivity (Wildman–Crippen MR) is 62.0 cm³/mol. The van der Waals surface area contributed by atoms with E-state index >= 15 is 0 Å². The summed E-state index contributed by atoms with van der Waals surface area (Å²) in [6.07, 6.45) is 2.33. The Kier molecular flexibility index (Phi) is 3.29. The molecular weight excluding hydrogens is 207 g/mol. The van der Waals surface area contributed by atoms with Crippen molar-refractivity contribution in [3.8, 4) is 5.75 Å². The van der Waals surface area contributed by atoms with Gasteiger partial charge in [0.2, 0.25) is 0 Å². The summed E-state index contributed by atoms with van der Waals surface area (Å²) in [5.74, 6) is 0.129. The van der Waals surface area contributed by atoms with Gasteiger partial charge in [0, 0.05) is 12.1 Å². The molecule has 1 unspecified atom stereocenters. The van der Waals surface area contributed by atoms with Crippen LogP contribution in [0.25, 0.3) is 0 Å². The van der Waals surface area contributed by atoms with Gasteiger partial charge in [0.15, 0.2) is 0 Å². The summed E-state index contributed by atoms with van der Waals surface area (Å²) in [5.41, 5.74) is 6.19. The maximum atomic E-state index is 13.0. The van der Waals surface area contributed by atoms with Crippen molar-refractivity contribution in [3.05, 3.63) is 24.0 Å². The molecule has 2 N–H and O–H groups in total. The van der Waals surface area contributed by atoms with Crippen LogP contribution in [-0.2, 0) is 0 Å². The van der Waals surface area contributed by atoms with Gasteiger partial charge in [-0.05, 0) is 38.6 Å². The van der Waals surface area contributed by atoms with E-state index < -0.39 is 0 Å². The molecule has 1 heterocycles. The highest BCUT2D eigenvalue weighted by Gasteiger charge is 2.21.